The zero-order valence-corrected chi connectivity index (χ0v) is 17.4. The van der Waals surface area contributed by atoms with Gasteiger partial charge < -0.3 is 10.2 Å². The maximum absolute atomic E-state index is 12.8. The quantitative estimate of drug-likeness (QED) is 0.722. The fourth-order valence-corrected chi connectivity index (χ4v) is 3.70. The monoisotopic (exact) mass is 404 g/mol. The van der Waals surface area contributed by atoms with Gasteiger partial charge in [-0.05, 0) is 37.1 Å². The second-order valence-corrected chi connectivity index (χ2v) is 7.84. The minimum absolute atomic E-state index is 0.0568. The lowest BCUT2D eigenvalue weighted by molar-refractivity contribution is -0.138. The van der Waals surface area contributed by atoms with E-state index in [-0.39, 0.29) is 11.8 Å². The fraction of sp³-hybridized carbons (Fsp3) is 0.333. The van der Waals surface area contributed by atoms with Crippen LogP contribution in [0.4, 0.5) is 0 Å². The van der Waals surface area contributed by atoms with Gasteiger partial charge in [-0.1, -0.05) is 53.6 Å². The Hall–Kier alpha value is -1.98. The minimum Gasteiger partial charge on any atom is -0.357 e. The molecule has 27 heavy (non-hydrogen) atoms. The topological polar surface area (TPSA) is 49.4 Å². The van der Waals surface area contributed by atoms with Crippen LogP contribution in [0, 0.1) is 6.92 Å². The van der Waals surface area contributed by atoms with Crippen molar-refractivity contribution in [3.05, 3.63) is 70.2 Å². The number of hydrogen-bond acceptors (Lipinski definition) is 3. The first-order valence-electron chi connectivity index (χ1n) is 8.79. The summed E-state index contributed by atoms with van der Waals surface area (Å²) in [6.07, 6.45) is 0. The van der Waals surface area contributed by atoms with Gasteiger partial charge in [0.05, 0.1) is 5.75 Å². The second kappa shape index (κ2) is 10.4. The number of benzene rings is 2. The molecule has 0 saturated heterocycles. The number of nitrogens with one attached hydrogen (secondary N) is 1. The number of halogens is 1. The number of thioether (sulfide) groups is 1. The molecule has 2 amide bonds. The van der Waals surface area contributed by atoms with Gasteiger partial charge in [-0.15, -0.1) is 11.8 Å². The lowest BCUT2D eigenvalue weighted by Gasteiger charge is -2.28. The van der Waals surface area contributed by atoms with Gasteiger partial charge in [-0.3, -0.25) is 9.59 Å². The number of amides is 2. The zero-order chi connectivity index (χ0) is 19.8. The van der Waals surface area contributed by atoms with Crippen molar-refractivity contribution in [2.45, 2.75) is 32.2 Å². The van der Waals surface area contributed by atoms with E-state index in [1.807, 2.05) is 18.2 Å². The van der Waals surface area contributed by atoms with Crippen molar-refractivity contribution in [2.75, 3.05) is 12.8 Å². The summed E-state index contributed by atoms with van der Waals surface area (Å²) in [5.74, 6) is 0.846. The van der Waals surface area contributed by atoms with Gasteiger partial charge in [0, 0.05) is 24.4 Å². The summed E-state index contributed by atoms with van der Waals surface area (Å²) in [4.78, 5) is 26.6. The molecule has 144 valence electrons. The van der Waals surface area contributed by atoms with Crippen LogP contribution in [-0.4, -0.2) is 35.6 Å². The van der Waals surface area contributed by atoms with Crippen molar-refractivity contribution >= 4 is 35.2 Å². The zero-order valence-electron chi connectivity index (χ0n) is 15.9. The molecular weight excluding hydrogens is 380 g/mol. The summed E-state index contributed by atoms with van der Waals surface area (Å²) < 4.78 is 0. The van der Waals surface area contributed by atoms with Crippen LogP contribution in [0.1, 0.15) is 23.6 Å². The molecule has 6 heteroatoms. The highest BCUT2D eigenvalue weighted by molar-refractivity contribution is 7.99. The van der Waals surface area contributed by atoms with E-state index in [0.29, 0.717) is 17.3 Å². The van der Waals surface area contributed by atoms with E-state index in [1.165, 1.54) is 11.1 Å². The number of hydrogen-bond donors (Lipinski definition) is 1. The van der Waals surface area contributed by atoms with Crippen LogP contribution in [0.15, 0.2) is 48.5 Å². The fourth-order valence-electron chi connectivity index (χ4n) is 2.72. The number of carbonyl (C=O) groups excluding carboxylic acids is 2. The molecule has 0 aromatic heterocycles. The average Bonchev–Trinajstić information content (AvgIpc) is 2.66. The lowest BCUT2D eigenvalue weighted by Crippen LogP contribution is -2.47. The molecule has 0 radical (unpaired) electrons. The van der Waals surface area contributed by atoms with Gasteiger partial charge in [0.25, 0.3) is 0 Å². The first-order chi connectivity index (χ1) is 12.9. The molecule has 0 fully saturated rings. The SMILES string of the molecule is CNC(=O)[C@@H](C)N(Cc1ccc(Cl)cc1)C(=O)CSCc1cccc(C)c1. The van der Waals surface area contributed by atoms with Crippen LogP contribution in [0.5, 0.6) is 0 Å². The summed E-state index contributed by atoms with van der Waals surface area (Å²) in [7, 11) is 1.58. The molecule has 2 rings (SSSR count). The van der Waals surface area contributed by atoms with E-state index in [2.05, 4.69) is 30.4 Å². The summed E-state index contributed by atoms with van der Waals surface area (Å²) in [6.45, 7) is 4.17. The minimum atomic E-state index is -0.544. The molecule has 0 aliphatic rings. The van der Waals surface area contributed by atoms with E-state index >= 15 is 0 Å². The van der Waals surface area contributed by atoms with Gasteiger partial charge in [-0.25, -0.2) is 0 Å². The Morgan fingerprint density at radius 3 is 2.48 bits per heavy atom. The number of aryl methyl sites for hydroxylation is 1. The Morgan fingerprint density at radius 1 is 1.15 bits per heavy atom. The third-order valence-corrected chi connectivity index (χ3v) is 5.50. The summed E-state index contributed by atoms with van der Waals surface area (Å²) >= 11 is 7.49. The molecule has 0 saturated carbocycles. The van der Waals surface area contributed by atoms with Gasteiger partial charge in [0.1, 0.15) is 6.04 Å². The maximum atomic E-state index is 12.8. The molecule has 0 aliphatic heterocycles. The molecule has 2 aromatic carbocycles. The highest BCUT2D eigenvalue weighted by Gasteiger charge is 2.25. The number of likely N-dealkylation sites (N-methyl/N-ethyl adjacent to an activating group) is 1. The Balaban J connectivity index is 2.03. The van der Waals surface area contributed by atoms with E-state index in [0.717, 1.165) is 11.3 Å². The number of rotatable bonds is 8. The van der Waals surface area contributed by atoms with Crippen LogP contribution in [0.2, 0.25) is 5.02 Å². The Labute approximate surface area is 170 Å². The first kappa shape index (κ1) is 21.3. The Kier molecular flexibility index (Phi) is 8.20. The van der Waals surface area contributed by atoms with E-state index < -0.39 is 6.04 Å². The molecule has 2 aromatic rings. The Morgan fingerprint density at radius 2 is 1.85 bits per heavy atom. The van der Waals surface area contributed by atoms with Crippen LogP contribution in [0.25, 0.3) is 0 Å². The van der Waals surface area contributed by atoms with Gasteiger partial charge >= 0.3 is 0 Å². The molecule has 0 unspecified atom stereocenters. The van der Waals surface area contributed by atoms with Crippen LogP contribution in [0.3, 0.4) is 0 Å². The van der Waals surface area contributed by atoms with Crippen molar-refractivity contribution in [1.29, 1.82) is 0 Å². The van der Waals surface area contributed by atoms with Crippen molar-refractivity contribution in [1.82, 2.24) is 10.2 Å². The summed E-state index contributed by atoms with van der Waals surface area (Å²) in [6, 6.07) is 15.0. The first-order valence-corrected chi connectivity index (χ1v) is 10.3. The van der Waals surface area contributed by atoms with Gasteiger partial charge in [0.15, 0.2) is 0 Å². The largest absolute Gasteiger partial charge is 0.357 e. The summed E-state index contributed by atoms with van der Waals surface area (Å²) in [5, 5.41) is 3.27. The molecule has 0 bridgehead atoms. The third kappa shape index (κ3) is 6.60. The molecule has 0 aliphatic carbocycles. The molecular formula is C21H25ClN2O2S. The standard InChI is InChI=1S/C21H25ClN2O2S/c1-15-5-4-6-18(11-15)13-27-14-20(25)24(16(2)21(26)23-3)12-17-7-9-19(22)10-8-17/h4-11,16H,12-14H2,1-3H3,(H,23,26)/t16-/m1/s1. The molecule has 1 N–H and O–H groups in total. The third-order valence-electron chi connectivity index (χ3n) is 4.26. The van der Waals surface area contributed by atoms with Crippen molar-refractivity contribution in [2.24, 2.45) is 0 Å². The van der Waals surface area contributed by atoms with Crippen LogP contribution in [-0.2, 0) is 21.9 Å². The van der Waals surface area contributed by atoms with Crippen LogP contribution < -0.4 is 5.32 Å². The molecule has 0 heterocycles. The molecule has 1 atom stereocenters. The van der Waals surface area contributed by atoms with Crippen molar-refractivity contribution in [3.63, 3.8) is 0 Å². The predicted octanol–water partition coefficient (Wildman–Crippen LogP) is 4.04. The van der Waals surface area contributed by atoms with Gasteiger partial charge in [0.2, 0.25) is 11.8 Å². The number of nitrogens with zero attached hydrogens (tertiary/aromatic N) is 1. The maximum Gasteiger partial charge on any atom is 0.242 e. The van der Waals surface area contributed by atoms with E-state index in [1.54, 1.807) is 42.8 Å². The second-order valence-electron chi connectivity index (χ2n) is 6.42. The average molecular weight is 405 g/mol. The summed E-state index contributed by atoms with van der Waals surface area (Å²) in [5.41, 5.74) is 3.33. The smallest absolute Gasteiger partial charge is 0.242 e. The Bertz CT molecular complexity index is 780. The van der Waals surface area contributed by atoms with Crippen molar-refractivity contribution < 1.29 is 9.59 Å². The van der Waals surface area contributed by atoms with Crippen molar-refractivity contribution in [3.8, 4) is 0 Å². The van der Waals surface area contributed by atoms with E-state index in [4.69, 9.17) is 11.6 Å². The number of carbonyl (C=O) groups is 2. The van der Waals surface area contributed by atoms with Gasteiger partial charge in [-0.2, -0.15) is 0 Å². The predicted molar refractivity (Wildman–Crippen MR) is 113 cm³/mol. The molecule has 0 spiro atoms. The highest BCUT2D eigenvalue weighted by Crippen LogP contribution is 2.17. The van der Waals surface area contributed by atoms with E-state index in [9.17, 15) is 9.59 Å². The normalized spacial score (nSPS) is 11.7. The molecule has 4 nitrogen and oxygen atoms in total. The lowest BCUT2D eigenvalue weighted by atomic mass is 10.1. The highest BCUT2D eigenvalue weighted by atomic mass is 35.5. The van der Waals surface area contributed by atoms with Crippen LogP contribution >= 0.6 is 23.4 Å².